The Morgan fingerprint density at radius 2 is 2.20 bits per heavy atom. The normalized spacial score (nSPS) is 12.1. The first-order chi connectivity index (χ1) is 7.07. The van der Waals surface area contributed by atoms with Crippen molar-refractivity contribution in [2.45, 2.75) is 25.9 Å². The zero-order chi connectivity index (χ0) is 11.7. The summed E-state index contributed by atoms with van der Waals surface area (Å²) in [5.74, 6) is -1.07. The van der Waals surface area contributed by atoms with E-state index in [-0.39, 0.29) is 12.5 Å². The molecule has 88 valence electrons. The Hall–Kier alpha value is -1.14. The fourth-order valence-corrected chi connectivity index (χ4v) is 0.879. The van der Waals surface area contributed by atoms with Crippen LogP contribution in [0.1, 0.15) is 19.8 Å². The highest BCUT2D eigenvalue weighted by Crippen LogP contribution is 1.90. The molecule has 0 aromatic carbocycles. The minimum atomic E-state index is -1.32. The lowest BCUT2D eigenvalue weighted by molar-refractivity contribution is -0.127. The Labute approximate surface area is 88.8 Å². The van der Waals surface area contributed by atoms with E-state index in [9.17, 15) is 9.59 Å². The van der Waals surface area contributed by atoms with Crippen LogP contribution in [-0.2, 0) is 14.3 Å². The van der Waals surface area contributed by atoms with E-state index in [0.29, 0.717) is 26.1 Å². The molecule has 0 spiro atoms. The summed E-state index contributed by atoms with van der Waals surface area (Å²) >= 11 is 0. The van der Waals surface area contributed by atoms with Crippen LogP contribution < -0.4 is 11.1 Å². The summed E-state index contributed by atoms with van der Waals surface area (Å²) in [7, 11) is 0. The predicted octanol–water partition coefficient (Wildman–Crippen LogP) is -1.23. The Bertz CT molecular complexity index is 208. The van der Waals surface area contributed by atoms with Gasteiger partial charge in [0.1, 0.15) is 6.10 Å². The molecule has 0 aliphatic rings. The van der Waals surface area contributed by atoms with Gasteiger partial charge in [0.15, 0.2) is 0 Å². The lowest BCUT2D eigenvalue weighted by Crippen LogP contribution is -2.39. The lowest BCUT2D eigenvalue weighted by atomic mass is 10.3. The highest BCUT2D eigenvalue weighted by molar-refractivity contribution is 5.80. The molecule has 0 rings (SSSR count). The number of aliphatic hydroxyl groups excluding tert-OH is 1. The van der Waals surface area contributed by atoms with E-state index < -0.39 is 12.0 Å². The summed E-state index contributed by atoms with van der Waals surface area (Å²) in [6, 6.07) is 0. The molecule has 2 amide bonds. The maximum absolute atomic E-state index is 11.1. The van der Waals surface area contributed by atoms with Crippen molar-refractivity contribution in [2.75, 3.05) is 19.8 Å². The zero-order valence-corrected chi connectivity index (χ0v) is 8.86. The highest BCUT2D eigenvalue weighted by atomic mass is 16.5. The van der Waals surface area contributed by atoms with Gasteiger partial charge in [0.25, 0.3) is 0 Å². The number of aliphatic hydroxyl groups is 1. The molecule has 6 heteroatoms. The lowest BCUT2D eigenvalue weighted by Gasteiger charge is -2.08. The number of rotatable bonds is 8. The number of nitrogens with one attached hydrogen (secondary N) is 1. The van der Waals surface area contributed by atoms with Gasteiger partial charge in [-0.3, -0.25) is 9.59 Å². The Balaban J connectivity index is 3.45. The summed E-state index contributed by atoms with van der Waals surface area (Å²) in [5.41, 5.74) is 4.80. The molecule has 0 aliphatic heterocycles. The number of hydrogen-bond acceptors (Lipinski definition) is 4. The summed E-state index contributed by atoms with van der Waals surface area (Å²) in [6.07, 6.45) is -0.390. The van der Waals surface area contributed by atoms with Crippen LogP contribution >= 0.6 is 0 Å². The second kappa shape index (κ2) is 8.19. The Morgan fingerprint density at radius 1 is 1.53 bits per heavy atom. The molecule has 1 atom stereocenters. The molecule has 0 radical (unpaired) electrons. The van der Waals surface area contributed by atoms with Gasteiger partial charge in [0, 0.05) is 19.6 Å². The number of carbonyl (C=O) groups is 2. The molecule has 0 saturated carbocycles. The summed E-state index contributed by atoms with van der Waals surface area (Å²) in [4.78, 5) is 21.5. The van der Waals surface area contributed by atoms with Crippen LogP contribution in [0.4, 0.5) is 0 Å². The highest BCUT2D eigenvalue weighted by Gasteiger charge is 2.11. The van der Waals surface area contributed by atoms with Crippen molar-refractivity contribution in [3.8, 4) is 0 Å². The number of nitrogens with two attached hydrogens (primary N) is 1. The van der Waals surface area contributed by atoms with E-state index in [4.69, 9.17) is 15.6 Å². The Morgan fingerprint density at radius 3 is 2.73 bits per heavy atom. The largest absolute Gasteiger partial charge is 0.382 e. The standard InChI is InChI=1S/C9H18N2O4/c1-2-15-5-3-4-8(13)11-6-7(12)9(10)14/h7,12H,2-6H2,1H3,(H2,10,14)(H,11,13). The van der Waals surface area contributed by atoms with E-state index in [1.54, 1.807) is 0 Å². The fraction of sp³-hybridized carbons (Fsp3) is 0.778. The van der Waals surface area contributed by atoms with Crippen molar-refractivity contribution in [3.63, 3.8) is 0 Å². The van der Waals surface area contributed by atoms with Gasteiger partial charge in [-0.1, -0.05) is 0 Å². The van der Waals surface area contributed by atoms with E-state index in [1.807, 2.05) is 6.92 Å². The van der Waals surface area contributed by atoms with Crippen LogP contribution in [0.15, 0.2) is 0 Å². The molecule has 1 unspecified atom stereocenters. The van der Waals surface area contributed by atoms with Crippen LogP contribution in [0.3, 0.4) is 0 Å². The van der Waals surface area contributed by atoms with Crippen LogP contribution in [0.2, 0.25) is 0 Å². The Kier molecular flexibility index (Phi) is 7.57. The topological polar surface area (TPSA) is 102 Å². The van der Waals surface area contributed by atoms with Gasteiger partial charge in [-0.05, 0) is 13.3 Å². The molecule has 6 nitrogen and oxygen atoms in total. The summed E-state index contributed by atoms with van der Waals surface area (Å²) in [6.45, 7) is 2.90. The van der Waals surface area contributed by atoms with Crippen LogP contribution in [-0.4, -0.2) is 42.8 Å². The summed E-state index contributed by atoms with van der Waals surface area (Å²) < 4.78 is 5.04. The third-order valence-electron chi connectivity index (χ3n) is 1.72. The fourth-order valence-electron chi connectivity index (χ4n) is 0.879. The molecule has 15 heavy (non-hydrogen) atoms. The molecule has 0 aliphatic carbocycles. The third-order valence-corrected chi connectivity index (χ3v) is 1.72. The van der Waals surface area contributed by atoms with Gasteiger partial charge < -0.3 is 20.9 Å². The maximum Gasteiger partial charge on any atom is 0.248 e. The quantitative estimate of drug-likeness (QED) is 0.444. The second-order valence-electron chi connectivity index (χ2n) is 3.02. The van der Waals surface area contributed by atoms with Gasteiger partial charge >= 0.3 is 0 Å². The molecule has 0 heterocycles. The van der Waals surface area contributed by atoms with Crippen molar-refractivity contribution in [3.05, 3.63) is 0 Å². The van der Waals surface area contributed by atoms with Crippen molar-refractivity contribution < 1.29 is 19.4 Å². The van der Waals surface area contributed by atoms with E-state index in [0.717, 1.165) is 0 Å². The first-order valence-electron chi connectivity index (χ1n) is 4.89. The van der Waals surface area contributed by atoms with Crippen molar-refractivity contribution >= 4 is 11.8 Å². The summed E-state index contributed by atoms with van der Waals surface area (Å²) in [5, 5.41) is 11.4. The first kappa shape index (κ1) is 13.9. The van der Waals surface area contributed by atoms with Gasteiger partial charge in [-0.15, -0.1) is 0 Å². The van der Waals surface area contributed by atoms with Crippen LogP contribution in [0, 0.1) is 0 Å². The molecule has 0 aromatic heterocycles. The minimum absolute atomic E-state index is 0.136. The average Bonchev–Trinajstić information content (AvgIpc) is 2.20. The van der Waals surface area contributed by atoms with Crippen LogP contribution in [0.25, 0.3) is 0 Å². The monoisotopic (exact) mass is 218 g/mol. The van der Waals surface area contributed by atoms with E-state index in [1.165, 1.54) is 0 Å². The number of ether oxygens (including phenoxy) is 1. The number of primary amides is 1. The predicted molar refractivity (Wildman–Crippen MR) is 53.9 cm³/mol. The number of hydrogen-bond donors (Lipinski definition) is 3. The molecular weight excluding hydrogens is 200 g/mol. The van der Waals surface area contributed by atoms with Gasteiger partial charge in [-0.25, -0.2) is 0 Å². The van der Waals surface area contributed by atoms with Crippen LogP contribution in [0.5, 0.6) is 0 Å². The number of amides is 2. The van der Waals surface area contributed by atoms with Gasteiger partial charge in [0.05, 0.1) is 6.54 Å². The minimum Gasteiger partial charge on any atom is -0.382 e. The second-order valence-corrected chi connectivity index (χ2v) is 3.02. The molecule has 0 aromatic rings. The van der Waals surface area contributed by atoms with Crippen molar-refractivity contribution in [2.24, 2.45) is 5.73 Å². The van der Waals surface area contributed by atoms with Gasteiger partial charge in [0.2, 0.25) is 11.8 Å². The maximum atomic E-state index is 11.1. The molecule has 0 fully saturated rings. The third kappa shape index (κ3) is 7.90. The van der Waals surface area contributed by atoms with Gasteiger partial charge in [-0.2, -0.15) is 0 Å². The van der Waals surface area contributed by atoms with E-state index in [2.05, 4.69) is 5.32 Å². The van der Waals surface area contributed by atoms with Crippen molar-refractivity contribution in [1.82, 2.24) is 5.32 Å². The molecule has 4 N–H and O–H groups in total. The molecule has 0 saturated heterocycles. The SMILES string of the molecule is CCOCCCC(=O)NCC(O)C(N)=O. The number of carbonyl (C=O) groups excluding carboxylic acids is 2. The smallest absolute Gasteiger partial charge is 0.248 e. The molecule has 0 bridgehead atoms. The average molecular weight is 218 g/mol. The van der Waals surface area contributed by atoms with Crippen molar-refractivity contribution in [1.29, 1.82) is 0 Å². The zero-order valence-electron chi connectivity index (χ0n) is 8.86. The molecular formula is C9H18N2O4. The first-order valence-corrected chi connectivity index (χ1v) is 4.89. The van der Waals surface area contributed by atoms with E-state index >= 15 is 0 Å².